The van der Waals surface area contributed by atoms with Gasteiger partial charge in [-0.25, -0.2) is 10.8 Å². The van der Waals surface area contributed by atoms with Crippen molar-refractivity contribution in [3.05, 3.63) is 58.6 Å². The molecule has 1 saturated carbocycles. The maximum Gasteiger partial charge on any atom is 0.271 e. The Hall–Kier alpha value is -3.26. The number of hydrazine groups is 1. The maximum atomic E-state index is 11.1. The van der Waals surface area contributed by atoms with E-state index in [9.17, 15) is 10.1 Å². The first-order valence-corrected chi connectivity index (χ1v) is 8.41. The summed E-state index contributed by atoms with van der Waals surface area (Å²) in [6.07, 6.45) is 2.39. The number of benzene rings is 2. The van der Waals surface area contributed by atoms with Crippen LogP contribution in [0, 0.1) is 16.0 Å². The molecule has 0 aliphatic heterocycles. The van der Waals surface area contributed by atoms with Gasteiger partial charge in [0.25, 0.3) is 5.69 Å². The molecule has 1 aromatic heterocycles. The zero-order chi connectivity index (χ0) is 18.1. The standard InChI is InChI=1S/C18H18N6O2/c19-22-18-20-16-10-14(24(25)26)8-9-15(16)17(21-18)23(11-12-6-7-12)13-4-2-1-3-5-13/h1-5,8-10,12H,6-7,11,19H2,(H,20,21,22). The Morgan fingerprint density at radius 3 is 2.62 bits per heavy atom. The number of aromatic nitrogens is 2. The summed E-state index contributed by atoms with van der Waals surface area (Å²) in [6, 6.07) is 14.6. The molecule has 0 unspecified atom stereocenters. The summed E-state index contributed by atoms with van der Waals surface area (Å²) in [5.74, 6) is 7.07. The lowest BCUT2D eigenvalue weighted by molar-refractivity contribution is -0.384. The van der Waals surface area contributed by atoms with Crippen LogP contribution in [0.25, 0.3) is 10.9 Å². The monoisotopic (exact) mass is 350 g/mol. The molecule has 2 aromatic carbocycles. The Bertz CT molecular complexity index is 959. The SMILES string of the molecule is NNc1nc(N(CC2CC2)c2ccccc2)c2ccc([N+](=O)[O-])cc2n1. The third-order valence-corrected chi connectivity index (χ3v) is 4.46. The van der Waals surface area contributed by atoms with Crippen molar-refractivity contribution in [3.8, 4) is 0 Å². The summed E-state index contributed by atoms with van der Waals surface area (Å²) in [5.41, 5.74) is 3.94. The number of non-ortho nitro benzene ring substituents is 1. The molecule has 0 saturated heterocycles. The van der Waals surface area contributed by atoms with Crippen molar-refractivity contribution in [2.75, 3.05) is 16.9 Å². The van der Waals surface area contributed by atoms with Gasteiger partial charge in [0.05, 0.1) is 10.4 Å². The molecule has 0 radical (unpaired) electrons. The highest BCUT2D eigenvalue weighted by Gasteiger charge is 2.27. The summed E-state index contributed by atoms with van der Waals surface area (Å²) in [5, 5.41) is 11.9. The van der Waals surface area contributed by atoms with Crippen molar-refractivity contribution in [2.24, 2.45) is 11.8 Å². The smallest absolute Gasteiger partial charge is 0.271 e. The molecular weight excluding hydrogens is 332 g/mol. The first-order valence-electron chi connectivity index (χ1n) is 8.41. The van der Waals surface area contributed by atoms with Gasteiger partial charge in [0.2, 0.25) is 5.95 Å². The lowest BCUT2D eigenvalue weighted by atomic mass is 10.1. The molecule has 1 fully saturated rings. The number of nitrogens with two attached hydrogens (primary N) is 1. The van der Waals surface area contributed by atoms with Crippen LogP contribution in [0.4, 0.5) is 23.1 Å². The van der Waals surface area contributed by atoms with Gasteiger partial charge in [0.15, 0.2) is 0 Å². The molecule has 0 bridgehead atoms. The number of hydrogen-bond donors (Lipinski definition) is 2. The number of nitrogens with zero attached hydrogens (tertiary/aromatic N) is 4. The second kappa shape index (κ2) is 6.57. The van der Waals surface area contributed by atoms with E-state index in [4.69, 9.17) is 5.84 Å². The molecule has 0 amide bonds. The molecule has 8 nitrogen and oxygen atoms in total. The van der Waals surface area contributed by atoms with E-state index in [1.807, 2.05) is 30.3 Å². The summed E-state index contributed by atoms with van der Waals surface area (Å²) in [6.45, 7) is 0.830. The molecule has 0 spiro atoms. The molecule has 0 atom stereocenters. The molecule has 8 heteroatoms. The largest absolute Gasteiger partial charge is 0.325 e. The predicted molar refractivity (Wildman–Crippen MR) is 100 cm³/mol. The summed E-state index contributed by atoms with van der Waals surface area (Å²) in [7, 11) is 0. The average Bonchev–Trinajstić information content (AvgIpc) is 3.49. The first-order chi connectivity index (χ1) is 12.7. The molecule has 1 aliphatic rings. The van der Waals surface area contributed by atoms with Crippen LogP contribution in [-0.4, -0.2) is 21.4 Å². The van der Waals surface area contributed by atoms with Gasteiger partial charge in [-0.1, -0.05) is 18.2 Å². The Labute approximate surface area is 149 Å². The number of fused-ring (bicyclic) bond motifs is 1. The number of para-hydroxylation sites is 1. The van der Waals surface area contributed by atoms with Crippen molar-refractivity contribution in [1.82, 2.24) is 9.97 Å². The predicted octanol–water partition coefficient (Wildman–Crippen LogP) is 3.37. The number of hydrogen-bond acceptors (Lipinski definition) is 7. The van der Waals surface area contributed by atoms with E-state index in [0.717, 1.165) is 17.6 Å². The van der Waals surface area contributed by atoms with E-state index in [-0.39, 0.29) is 11.6 Å². The quantitative estimate of drug-likeness (QED) is 0.398. The van der Waals surface area contributed by atoms with Crippen LogP contribution in [0.1, 0.15) is 12.8 Å². The van der Waals surface area contributed by atoms with E-state index in [1.165, 1.54) is 25.0 Å². The van der Waals surface area contributed by atoms with E-state index in [2.05, 4.69) is 20.3 Å². The van der Waals surface area contributed by atoms with Crippen LogP contribution < -0.4 is 16.2 Å². The minimum atomic E-state index is -0.435. The van der Waals surface area contributed by atoms with Crippen LogP contribution in [0.2, 0.25) is 0 Å². The van der Waals surface area contributed by atoms with Crippen LogP contribution in [0.15, 0.2) is 48.5 Å². The second-order valence-electron chi connectivity index (χ2n) is 6.36. The number of anilines is 3. The molecular formula is C18H18N6O2. The van der Waals surface area contributed by atoms with Crippen LogP contribution in [0.5, 0.6) is 0 Å². The van der Waals surface area contributed by atoms with Crippen molar-refractivity contribution in [3.63, 3.8) is 0 Å². The van der Waals surface area contributed by atoms with Gasteiger partial charge in [-0.2, -0.15) is 4.98 Å². The number of nitrogen functional groups attached to an aromatic ring is 1. The van der Waals surface area contributed by atoms with Crippen LogP contribution in [0.3, 0.4) is 0 Å². The lowest BCUT2D eigenvalue weighted by Crippen LogP contribution is -2.22. The molecule has 4 rings (SSSR count). The van der Waals surface area contributed by atoms with Gasteiger partial charge < -0.3 is 4.90 Å². The average molecular weight is 350 g/mol. The van der Waals surface area contributed by atoms with Crippen LogP contribution in [-0.2, 0) is 0 Å². The Kier molecular flexibility index (Phi) is 4.10. The number of nitro benzene ring substituents is 1. The Balaban J connectivity index is 1.90. The maximum absolute atomic E-state index is 11.1. The first kappa shape index (κ1) is 16.2. The van der Waals surface area contributed by atoms with Gasteiger partial charge >= 0.3 is 0 Å². The fourth-order valence-corrected chi connectivity index (χ4v) is 2.97. The molecule has 132 valence electrons. The zero-order valence-electron chi connectivity index (χ0n) is 14.0. The minimum Gasteiger partial charge on any atom is -0.325 e. The molecule has 1 heterocycles. The third kappa shape index (κ3) is 3.14. The van der Waals surface area contributed by atoms with E-state index < -0.39 is 4.92 Å². The minimum absolute atomic E-state index is 0.0152. The van der Waals surface area contributed by atoms with Gasteiger partial charge in [-0.05, 0) is 37.0 Å². The lowest BCUT2D eigenvalue weighted by Gasteiger charge is -2.25. The van der Waals surface area contributed by atoms with Crippen LogP contribution >= 0.6 is 0 Å². The molecule has 26 heavy (non-hydrogen) atoms. The van der Waals surface area contributed by atoms with Crippen molar-refractivity contribution in [1.29, 1.82) is 0 Å². The summed E-state index contributed by atoms with van der Waals surface area (Å²) in [4.78, 5) is 21.7. The van der Waals surface area contributed by atoms with Gasteiger partial charge in [-0.15, -0.1) is 0 Å². The van der Waals surface area contributed by atoms with E-state index in [0.29, 0.717) is 17.3 Å². The topological polar surface area (TPSA) is 110 Å². The number of rotatable bonds is 6. The second-order valence-corrected chi connectivity index (χ2v) is 6.36. The fraction of sp³-hybridized carbons (Fsp3) is 0.222. The van der Waals surface area contributed by atoms with Gasteiger partial charge in [-0.3, -0.25) is 15.5 Å². The van der Waals surface area contributed by atoms with Crippen molar-refractivity contribution < 1.29 is 4.92 Å². The number of nitrogens with one attached hydrogen (secondary N) is 1. The highest BCUT2D eigenvalue weighted by atomic mass is 16.6. The summed E-state index contributed by atoms with van der Waals surface area (Å²) < 4.78 is 0. The number of nitro groups is 1. The Morgan fingerprint density at radius 2 is 1.96 bits per heavy atom. The van der Waals surface area contributed by atoms with Gasteiger partial charge in [0, 0.05) is 29.8 Å². The highest BCUT2D eigenvalue weighted by Crippen LogP contribution is 2.37. The van der Waals surface area contributed by atoms with E-state index >= 15 is 0 Å². The summed E-state index contributed by atoms with van der Waals surface area (Å²) >= 11 is 0. The van der Waals surface area contributed by atoms with Crippen molar-refractivity contribution in [2.45, 2.75) is 12.8 Å². The fourth-order valence-electron chi connectivity index (χ4n) is 2.97. The Morgan fingerprint density at radius 1 is 1.19 bits per heavy atom. The van der Waals surface area contributed by atoms with Gasteiger partial charge in [0.1, 0.15) is 5.82 Å². The zero-order valence-corrected chi connectivity index (χ0v) is 14.0. The third-order valence-electron chi connectivity index (χ3n) is 4.46. The highest BCUT2D eigenvalue weighted by molar-refractivity contribution is 5.93. The van der Waals surface area contributed by atoms with Crippen molar-refractivity contribution >= 4 is 34.0 Å². The molecule has 3 N–H and O–H groups in total. The molecule has 3 aromatic rings. The molecule has 1 aliphatic carbocycles. The normalized spacial score (nSPS) is 13.6. The van der Waals surface area contributed by atoms with E-state index in [1.54, 1.807) is 6.07 Å².